The SMILES string of the molecule is CCc1cc(-n2c3ccccc3c3cc(-c4cccc5c4sc4ccccc45)ccc32)c(CC)cc1-n1c2ccccc2c2cc(-c3cccc4c3sc3ccccc34)ccc21. The highest BCUT2D eigenvalue weighted by Crippen LogP contribution is 2.45. The van der Waals surface area contributed by atoms with Gasteiger partial charge in [-0.1, -0.05) is 135 Å². The van der Waals surface area contributed by atoms with Crippen LogP contribution in [0.25, 0.3) is 118 Å². The molecule has 4 heteroatoms. The van der Waals surface area contributed by atoms with Crippen LogP contribution in [0.2, 0.25) is 0 Å². The van der Waals surface area contributed by atoms with Gasteiger partial charge < -0.3 is 9.13 Å². The third kappa shape index (κ3) is 5.14. The zero-order valence-corrected chi connectivity index (χ0v) is 36.1. The molecule has 0 saturated heterocycles. The van der Waals surface area contributed by atoms with Crippen molar-refractivity contribution in [2.45, 2.75) is 26.7 Å². The van der Waals surface area contributed by atoms with Gasteiger partial charge in [0.25, 0.3) is 0 Å². The number of para-hydroxylation sites is 2. The lowest BCUT2D eigenvalue weighted by Crippen LogP contribution is -2.06. The molecule has 0 spiro atoms. The normalized spacial score (nSPS) is 12.2. The predicted molar refractivity (Wildman–Crippen MR) is 271 cm³/mol. The van der Waals surface area contributed by atoms with Gasteiger partial charge in [0.15, 0.2) is 0 Å². The summed E-state index contributed by atoms with van der Waals surface area (Å²) in [6, 6.07) is 68.3. The smallest absolute Gasteiger partial charge is 0.0541 e. The van der Waals surface area contributed by atoms with Crippen LogP contribution in [0.15, 0.2) is 182 Å². The summed E-state index contributed by atoms with van der Waals surface area (Å²) in [5, 5.41) is 10.5. The van der Waals surface area contributed by atoms with Crippen LogP contribution >= 0.6 is 22.7 Å². The lowest BCUT2D eigenvalue weighted by Gasteiger charge is -2.20. The maximum absolute atomic E-state index is 2.53. The van der Waals surface area contributed by atoms with E-state index in [0.29, 0.717) is 0 Å². The van der Waals surface area contributed by atoms with Gasteiger partial charge in [0.2, 0.25) is 0 Å². The molecule has 4 heterocycles. The van der Waals surface area contributed by atoms with E-state index in [0.717, 1.165) is 12.8 Å². The summed E-state index contributed by atoms with van der Waals surface area (Å²) < 4.78 is 10.4. The maximum atomic E-state index is 2.53. The van der Waals surface area contributed by atoms with Crippen LogP contribution in [0.4, 0.5) is 0 Å². The fourth-order valence-electron chi connectivity index (χ4n) is 10.4. The van der Waals surface area contributed by atoms with Crippen LogP contribution in [-0.2, 0) is 12.8 Å². The van der Waals surface area contributed by atoms with Gasteiger partial charge in [-0.05, 0) is 107 Å². The van der Waals surface area contributed by atoms with Crippen molar-refractivity contribution in [2.75, 3.05) is 0 Å². The van der Waals surface area contributed by atoms with Gasteiger partial charge in [-0.2, -0.15) is 0 Å². The van der Waals surface area contributed by atoms with Gasteiger partial charge in [-0.15, -0.1) is 22.7 Å². The molecule has 13 aromatic rings. The van der Waals surface area contributed by atoms with Crippen LogP contribution in [0.3, 0.4) is 0 Å². The van der Waals surface area contributed by atoms with Crippen LogP contribution < -0.4 is 0 Å². The number of benzene rings is 9. The molecule has 13 rings (SSSR count). The number of fused-ring (bicyclic) bond motifs is 12. The molecule has 294 valence electrons. The number of aryl methyl sites for hydroxylation is 2. The highest BCUT2D eigenvalue weighted by molar-refractivity contribution is 7.26. The zero-order chi connectivity index (χ0) is 41.1. The first kappa shape index (κ1) is 35.7. The van der Waals surface area contributed by atoms with Gasteiger partial charge in [-0.25, -0.2) is 0 Å². The van der Waals surface area contributed by atoms with Crippen LogP contribution in [0.1, 0.15) is 25.0 Å². The first-order chi connectivity index (χ1) is 30.7. The maximum Gasteiger partial charge on any atom is 0.0541 e. The van der Waals surface area contributed by atoms with Gasteiger partial charge in [0.1, 0.15) is 0 Å². The van der Waals surface area contributed by atoms with Gasteiger partial charge in [0.05, 0.1) is 22.1 Å². The Labute approximate surface area is 367 Å². The van der Waals surface area contributed by atoms with E-state index in [1.54, 1.807) is 0 Å². The van der Waals surface area contributed by atoms with Gasteiger partial charge >= 0.3 is 0 Å². The number of aromatic nitrogens is 2. The summed E-state index contributed by atoms with van der Waals surface area (Å²) in [5.41, 5.74) is 15.2. The third-order valence-electron chi connectivity index (χ3n) is 13.3. The first-order valence-corrected chi connectivity index (χ1v) is 23.3. The molecular weight excluding hydrogens is 789 g/mol. The molecule has 0 aliphatic rings. The molecule has 0 aliphatic heterocycles. The fraction of sp³-hybridized carbons (Fsp3) is 0.0690. The highest BCUT2D eigenvalue weighted by Gasteiger charge is 2.22. The zero-order valence-electron chi connectivity index (χ0n) is 34.4. The number of nitrogens with zero attached hydrogens (tertiary/aromatic N) is 2. The Bertz CT molecular complexity index is 3700. The average Bonchev–Trinajstić information content (AvgIpc) is 4.08. The standard InChI is InChI=1S/C58H40N2S2/c1-3-35-33-54(60-50-24-10-6-16-42(50)48-32-38(28-30-52(48)60)40-20-14-22-46-44-18-8-12-26-56(44)62-58(40)46)36(4-2)34-53(35)59-49-23-9-5-15-41(49)47-31-37(27-29-51(47)59)39-19-13-21-45-43-17-7-11-25-55(43)61-57(39)45/h5-34H,3-4H2,1-2H3. The predicted octanol–water partition coefficient (Wildman–Crippen LogP) is 17.1. The molecule has 0 atom stereocenters. The van der Waals surface area contributed by atoms with E-state index in [1.807, 2.05) is 22.7 Å². The van der Waals surface area contributed by atoms with Crippen molar-refractivity contribution in [3.63, 3.8) is 0 Å². The summed E-state index contributed by atoms with van der Waals surface area (Å²) in [4.78, 5) is 0. The second-order valence-electron chi connectivity index (χ2n) is 16.5. The molecule has 0 unspecified atom stereocenters. The van der Waals surface area contributed by atoms with E-state index >= 15 is 0 Å². The Hall–Kier alpha value is -6.98. The van der Waals surface area contributed by atoms with Crippen molar-refractivity contribution < 1.29 is 0 Å². The van der Waals surface area contributed by atoms with Crippen molar-refractivity contribution >= 4 is 107 Å². The minimum absolute atomic E-state index is 0.910. The topological polar surface area (TPSA) is 9.86 Å². The largest absolute Gasteiger partial charge is 0.309 e. The van der Waals surface area contributed by atoms with E-state index in [9.17, 15) is 0 Å². The lowest BCUT2D eigenvalue weighted by atomic mass is 10.00. The van der Waals surface area contributed by atoms with Crippen LogP contribution in [-0.4, -0.2) is 9.13 Å². The molecule has 0 radical (unpaired) electrons. The minimum atomic E-state index is 0.910. The van der Waals surface area contributed by atoms with Crippen molar-refractivity contribution in [1.82, 2.24) is 9.13 Å². The van der Waals surface area contributed by atoms with Gasteiger partial charge in [0, 0.05) is 73.3 Å². The van der Waals surface area contributed by atoms with Gasteiger partial charge in [-0.3, -0.25) is 0 Å². The molecule has 2 nitrogen and oxygen atoms in total. The summed E-state index contributed by atoms with van der Waals surface area (Å²) in [5.74, 6) is 0. The van der Waals surface area contributed by atoms with E-state index in [2.05, 4.69) is 205 Å². The quantitative estimate of drug-likeness (QED) is 0.158. The molecule has 62 heavy (non-hydrogen) atoms. The molecule has 4 aromatic heterocycles. The summed E-state index contributed by atoms with van der Waals surface area (Å²) in [6.07, 6.45) is 1.82. The summed E-state index contributed by atoms with van der Waals surface area (Å²) in [6.45, 7) is 4.61. The fourth-order valence-corrected chi connectivity index (χ4v) is 12.9. The average molecular weight is 829 g/mol. The molecule has 0 N–H and O–H groups in total. The van der Waals surface area contributed by atoms with E-state index in [4.69, 9.17) is 0 Å². The third-order valence-corrected chi connectivity index (χ3v) is 15.7. The minimum Gasteiger partial charge on any atom is -0.309 e. The van der Waals surface area contributed by atoms with E-state index < -0.39 is 0 Å². The molecule has 9 aromatic carbocycles. The van der Waals surface area contributed by atoms with Crippen molar-refractivity contribution in [3.05, 3.63) is 193 Å². The molecular formula is C58H40N2S2. The Morgan fingerprint density at radius 2 is 0.726 bits per heavy atom. The van der Waals surface area contributed by atoms with E-state index in [-0.39, 0.29) is 0 Å². The molecule has 0 fully saturated rings. The molecule has 0 saturated carbocycles. The molecule has 0 bridgehead atoms. The van der Waals surface area contributed by atoms with Crippen molar-refractivity contribution in [1.29, 1.82) is 0 Å². The second kappa shape index (κ2) is 13.8. The second-order valence-corrected chi connectivity index (χ2v) is 18.7. The van der Waals surface area contributed by atoms with Crippen LogP contribution in [0, 0.1) is 0 Å². The number of hydrogen-bond donors (Lipinski definition) is 0. The Balaban J connectivity index is 0.990. The number of thiophene rings is 2. The Morgan fingerprint density at radius 1 is 0.339 bits per heavy atom. The monoisotopic (exact) mass is 828 g/mol. The molecule has 0 amide bonds. The molecule has 0 aliphatic carbocycles. The van der Waals surface area contributed by atoms with E-state index in [1.165, 1.54) is 129 Å². The summed E-state index contributed by atoms with van der Waals surface area (Å²) >= 11 is 3.80. The van der Waals surface area contributed by atoms with Crippen LogP contribution in [0.5, 0.6) is 0 Å². The lowest BCUT2D eigenvalue weighted by molar-refractivity contribution is 1.01. The van der Waals surface area contributed by atoms with Crippen molar-refractivity contribution in [3.8, 4) is 33.6 Å². The highest BCUT2D eigenvalue weighted by atomic mass is 32.1. The Kier molecular flexibility index (Phi) is 7.94. The number of rotatable bonds is 6. The van der Waals surface area contributed by atoms with Crippen molar-refractivity contribution in [2.24, 2.45) is 0 Å². The summed E-state index contributed by atoms with van der Waals surface area (Å²) in [7, 11) is 0. The Morgan fingerprint density at radius 3 is 1.18 bits per heavy atom. The first-order valence-electron chi connectivity index (χ1n) is 21.7. The number of hydrogen-bond acceptors (Lipinski definition) is 2.